The Hall–Kier alpha value is -3.54. The fraction of sp³-hybridized carbons (Fsp3) is 0.394. The molecule has 7 rings (SSSR count). The van der Waals surface area contributed by atoms with Crippen molar-refractivity contribution in [3.8, 4) is 16.9 Å². The zero-order chi connectivity index (χ0) is 31.5. The van der Waals surface area contributed by atoms with Crippen molar-refractivity contribution >= 4 is 46.5 Å². The van der Waals surface area contributed by atoms with Gasteiger partial charge in [-0.2, -0.15) is 0 Å². The molecule has 1 N–H and O–H groups in total. The molecule has 4 aliphatic heterocycles. The van der Waals surface area contributed by atoms with E-state index in [1.807, 2.05) is 35.2 Å². The van der Waals surface area contributed by atoms with Gasteiger partial charge in [0.25, 0.3) is 5.91 Å². The second-order valence-electron chi connectivity index (χ2n) is 11.9. The Morgan fingerprint density at radius 3 is 2.31 bits per heavy atom. The van der Waals surface area contributed by atoms with Crippen molar-refractivity contribution in [3.63, 3.8) is 0 Å². The summed E-state index contributed by atoms with van der Waals surface area (Å²) in [5.74, 6) is -1.32. The minimum Gasteiger partial charge on any atom is -0.478 e. The lowest BCUT2D eigenvalue weighted by molar-refractivity contribution is -0.219. The molecular formula is C33H33Cl2N3O7. The van der Waals surface area contributed by atoms with E-state index in [9.17, 15) is 14.7 Å². The van der Waals surface area contributed by atoms with Crippen LogP contribution in [0.2, 0.25) is 10.0 Å². The molecule has 4 aliphatic rings. The van der Waals surface area contributed by atoms with Crippen LogP contribution in [0.1, 0.15) is 39.1 Å². The number of fused-ring (bicyclic) bond motifs is 3. The highest BCUT2D eigenvalue weighted by Gasteiger charge is 2.44. The van der Waals surface area contributed by atoms with Gasteiger partial charge in [-0.1, -0.05) is 47.5 Å². The third kappa shape index (κ3) is 5.18. The number of halogens is 2. The van der Waals surface area contributed by atoms with Gasteiger partial charge in [-0.3, -0.25) is 4.79 Å². The predicted molar refractivity (Wildman–Crippen MR) is 170 cm³/mol. The van der Waals surface area contributed by atoms with E-state index in [0.717, 1.165) is 35.2 Å². The lowest BCUT2D eigenvalue weighted by Gasteiger charge is -2.48. The summed E-state index contributed by atoms with van der Waals surface area (Å²) in [6.07, 6.45) is 1.94. The van der Waals surface area contributed by atoms with Crippen molar-refractivity contribution in [2.75, 3.05) is 57.1 Å². The Morgan fingerprint density at radius 1 is 0.978 bits per heavy atom. The smallest absolute Gasteiger partial charge is 0.337 e. The van der Waals surface area contributed by atoms with E-state index in [4.69, 9.17) is 42.1 Å². The Bertz CT molecular complexity index is 1630. The highest BCUT2D eigenvalue weighted by molar-refractivity contribution is 6.40. The van der Waals surface area contributed by atoms with Gasteiger partial charge < -0.3 is 38.8 Å². The van der Waals surface area contributed by atoms with Gasteiger partial charge >= 0.3 is 5.97 Å². The van der Waals surface area contributed by atoms with Crippen LogP contribution >= 0.6 is 23.2 Å². The summed E-state index contributed by atoms with van der Waals surface area (Å²) < 4.78 is 22.9. The average molecular weight is 655 g/mol. The van der Waals surface area contributed by atoms with E-state index in [1.54, 1.807) is 37.3 Å². The van der Waals surface area contributed by atoms with Crippen LogP contribution in [0.25, 0.3) is 11.1 Å². The molecule has 3 aromatic rings. The van der Waals surface area contributed by atoms with Gasteiger partial charge in [0.2, 0.25) is 5.79 Å². The van der Waals surface area contributed by atoms with E-state index in [-0.39, 0.29) is 45.9 Å². The first-order valence-corrected chi connectivity index (χ1v) is 15.6. The fourth-order valence-corrected chi connectivity index (χ4v) is 7.55. The predicted octanol–water partition coefficient (Wildman–Crippen LogP) is 5.53. The van der Waals surface area contributed by atoms with Crippen LogP contribution in [0.3, 0.4) is 0 Å². The van der Waals surface area contributed by atoms with Crippen LogP contribution in [0.5, 0.6) is 5.75 Å². The van der Waals surface area contributed by atoms with E-state index >= 15 is 0 Å². The van der Waals surface area contributed by atoms with Crippen LogP contribution in [-0.4, -0.2) is 87.0 Å². The molecule has 10 nitrogen and oxygen atoms in total. The number of carboxylic acids is 1. The molecule has 0 saturated carbocycles. The van der Waals surface area contributed by atoms with Crippen LogP contribution in [-0.2, 0) is 20.8 Å². The topological polar surface area (TPSA) is 101 Å². The quantitative estimate of drug-likeness (QED) is 0.330. The number of aromatic carboxylic acids is 1. The molecule has 2 bridgehead atoms. The highest BCUT2D eigenvalue weighted by Crippen LogP contribution is 2.43. The van der Waals surface area contributed by atoms with Crippen LogP contribution < -0.4 is 14.5 Å². The van der Waals surface area contributed by atoms with Crippen LogP contribution in [0.15, 0.2) is 48.5 Å². The maximum atomic E-state index is 13.7. The van der Waals surface area contributed by atoms with Crippen molar-refractivity contribution in [2.45, 2.75) is 37.3 Å². The number of ether oxygens (including phenoxy) is 4. The number of morpholine rings is 1. The monoisotopic (exact) mass is 653 g/mol. The number of carbonyl (C=O) groups is 2. The number of methoxy groups -OCH3 is 2. The highest BCUT2D eigenvalue weighted by atomic mass is 35.5. The minimum absolute atomic E-state index is 0.00125. The van der Waals surface area contributed by atoms with Crippen LogP contribution in [0.4, 0.5) is 11.4 Å². The Balaban J connectivity index is 1.14. The van der Waals surface area contributed by atoms with Crippen molar-refractivity contribution in [1.29, 1.82) is 0 Å². The normalized spacial score (nSPS) is 21.6. The maximum Gasteiger partial charge on any atom is 0.337 e. The van der Waals surface area contributed by atoms with E-state index in [2.05, 4.69) is 4.90 Å². The summed E-state index contributed by atoms with van der Waals surface area (Å²) in [6, 6.07) is 15.0. The molecule has 2 atom stereocenters. The zero-order valence-electron chi connectivity index (χ0n) is 24.9. The van der Waals surface area contributed by atoms with E-state index < -0.39 is 11.8 Å². The largest absolute Gasteiger partial charge is 0.478 e. The molecule has 0 spiro atoms. The van der Waals surface area contributed by atoms with E-state index in [0.29, 0.717) is 44.3 Å². The molecule has 12 heteroatoms. The number of anilines is 2. The molecule has 3 saturated heterocycles. The second-order valence-corrected chi connectivity index (χ2v) is 12.7. The molecule has 0 aromatic heterocycles. The lowest BCUT2D eigenvalue weighted by atomic mass is 9.97. The number of nitrogens with zero attached hydrogens (tertiary/aromatic N) is 3. The number of hydrogen-bond acceptors (Lipinski definition) is 8. The van der Waals surface area contributed by atoms with Crippen molar-refractivity contribution in [3.05, 3.63) is 75.3 Å². The third-order valence-electron chi connectivity index (χ3n) is 9.38. The minimum atomic E-state index is -0.962. The van der Waals surface area contributed by atoms with Gasteiger partial charge in [0, 0.05) is 31.0 Å². The fourth-order valence-electron chi connectivity index (χ4n) is 6.91. The number of benzene rings is 3. The van der Waals surface area contributed by atoms with Crippen molar-refractivity contribution < 1.29 is 33.6 Å². The lowest BCUT2D eigenvalue weighted by Crippen LogP contribution is -2.64. The molecule has 0 radical (unpaired) electrons. The summed E-state index contributed by atoms with van der Waals surface area (Å²) in [4.78, 5) is 31.7. The molecule has 0 aliphatic carbocycles. The summed E-state index contributed by atoms with van der Waals surface area (Å²) in [5.41, 5.74) is 4.45. The standard InChI is InChI=1S/C33H33Cl2N3O7/c1-42-33(43-2)16-37(17-33)23-11-26(34)29(27(35)12-23)31(39)36-13-20-4-3-5-24(30(20)45-18-36)19-6-9-25(32(40)41)28(10-19)38-21-7-8-22(38)15-44-14-21/h3-6,9-12,21-22H,7-8,13-18H2,1-2H3,(H,40,41). The molecule has 3 aromatic carbocycles. The molecule has 45 heavy (non-hydrogen) atoms. The summed E-state index contributed by atoms with van der Waals surface area (Å²) >= 11 is 13.3. The number of hydrogen-bond donors (Lipinski definition) is 1. The number of carbonyl (C=O) groups excluding carboxylic acids is 1. The molecule has 236 valence electrons. The van der Waals surface area contributed by atoms with Crippen LogP contribution in [0, 0.1) is 0 Å². The first-order valence-electron chi connectivity index (χ1n) is 14.8. The average Bonchev–Trinajstić information content (AvgIpc) is 3.27. The van der Waals surface area contributed by atoms with Crippen molar-refractivity contribution in [1.82, 2.24) is 4.90 Å². The molecule has 4 heterocycles. The van der Waals surface area contributed by atoms with Gasteiger partial charge in [-0.25, -0.2) is 4.79 Å². The first kappa shape index (κ1) is 30.1. The van der Waals surface area contributed by atoms with Gasteiger partial charge in [0.05, 0.1) is 71.8 Å². The first-order chi connectivity index (χ1) is 21.7. The Morgan fingerprint density at radius 2 is 1.67 bits per heavy atom. The molecule has 1 amide bonds. The number of para-hydroxylation sites is 1. The Kier molecular flexibility index (Phi) is 7.82. The van der Waals surface area contributed by atoms with Crippen molar-refractivity contribution in [2.24, 2.45) is 0 Å². The number of carboxylic acid groups (broad SMARTS) is 1. The Labute approximate surface area is 270 Å². The van der Waals surface area contributed by atoms with Gasteiger partial charge in [-0.05, 0) is 42.7 Å². The van der Waals surface area contributed by atoms with Gasteiger partial charge in [0.15, 0.2) is 6.73 Å². The third-order valence-corrected chi connectivity index (χ3v) is 9.98. The summed E-state index contributed by atoms with van der Waals surface area (Å²) in [7, 11) is 3.20. The SMILES string of the molecule is COC1(OC)CN(c2cc(Cl)c(C(=O)N3COc4c(cccc4-c4ccc(C(=O)O)c(N5C6CCC5COC6)c4)C3)c(Cl)c2)C1. The van der Waals surface area contributed by atoms with Gasteiger partial charge in [-0.15, -0.1) is 0 Å². The molecular weight excluding hydrogens is 621 g/mol. The summed E-state index contributed by atoms with van der Waals surface area (Å²) in [6.45, 7) is 2.48. The zero-order valence-corrected chi connectivity index (χ0v) is 26.4. The van der Waals surface area contributed by atoms with Gasteiger partial charge in [0.1, 0.15) is 5.75 Å². The number of rotatable bonds is 7. The second kappa shape index (κ2) is 11.7. The molecule has 2 unspecified atom stereocenters. The summed E-state index contributed by atoms with van der Waals surface area (Å²) in [5, 5.41) is 10.5. The van der Waals surface area contributed by atoms with E-state index in [1.165, 1.54) is 0 Å². The number of amides is 1. The molecule has 3 fully saturated rings. The maximum absolute atomic E-state index is 13.7.